The predicted octanol–water partition coefficient (Wildman–Crippen LogP) is 2.37. The molecule has 1 fully saturated rings. The molecule has 1 amide bonds. The lowest BCUT2D eigenvalue weighted by molar-refractivity contribution is 0.0919. The largest absolute Gasteiger partial charge is 0.345 e. The Kier molecular flexibility index (Phi) is 4.24. The lowest BCUT2D eigenvalue weighted by Crippen LogP contribution is -2.46. The molecule has 1 saturated heterocycles. The summed E-state index contributed by atoms with van der Waals surface area (Å²) < 4.78 is 25.3. The molecule has 1 unspecified atom stereocenters. The normalized spacial score (nSPS) is 23.2. The Morgan fingerprint density at radius 2 is 2.21 bits per heavy atom. The molecule has 0 aromatic carbocycles. The summed E-state index contributed by atoms with van der Waals surface area (Å²) in [5, 5.41) is 8.46. The average Bonchev–Trinajstić information content (AvgIpc) is 3.05. The van der Waals surface area contributed by atoms with Crippen LogP contribution in [0.4, 0.5) is 0 Å². The highest BCUT2D eigenvalue weighted by Gasteiger charge is 2.39. The molecule has 1 atom stereocenters. The van der Waals surface area contributed by atoms with Crippen molar-refractivity contribution >= 4 is 37.3 Å². The molecule has 3 heterocycles. The van der Waals surface area contributed by atoms with Crippen molar-refractivity contribution in [3.63, 3.8) is 0 Å². The molecule has 0 spiro atoms. The Morgan fingerprint density at radius 1 is 1.50 bits per heavy atom. The first kappa shape index (κ1) is 17.4. The van der Waals surface area contributed by atoms with Crippen LogP contribution in [0.15, 0.2) is 6.07 Å². The van der Waals surface area contributed by atoms with E-state index in [1.807, 2.05) is 17.7 Å². The molecule has 0 aliphatic carbocycles. The van der Waals surface area contributed by atoms with Gasteiger partial charge in [0.25, 0.3) is 5.91 Å². The van der Waals surface area contributed by atoms with E-state index in [2.05, 4.69) is 24.3 Å². The molecule has 132 valence electrons. The summed E-state index contributed by atoms with van der Waals surface area (Å²) in [4.78, 5) is 14.2. The van der Waals surface area contributed by atoms with Crippen molar-refractivity contribution in [2.24, 2.45) is 5.92 Å². The molecule has 0 bridgehead atoms. The Labute approximate surface area is 146 Å². The van der Waals surface area contributed by atoms with Crippen LogP contribution >= 0.6 is 11.3 Å². The highest BCUT2D eigenvalue weighted by Crippen LogP contribution is 2.30. The molecule has 3 rings (SSSR count). The summed E-state index contributed by atoms with van der Waals surface area (Å²) in [6, 6.07) is 1.86. The van der Waals surface area contributed by atoms with E-state index in [4.69, 9.17) is 0 Å². The van der Waals surface area contributed by atoms with E-state index in [0.29, 0.717) is 17.2 Å². The Balaban J connectivity index is 1.86. The van der Waals surface area contributed by atoms with Gasteiger partial charge >= 0.3 is 0 Å². The first-order chi connectivity index (χ1) is 11.1. The van der Waals surface area contributed by atoms with Crippen molar-refractivity contribution in [3.05, 3.63) is 16.6 Å². The monoisotopic (exact) mass is 369 g/mol. The summed E-state index contributed by atoms with van der Waals surface area (Å²) >= 11 is 1.42. The first-order valence-corrected chi connectivity index (χ1v) is 10.7. The van der Waals surface area contributed by atoms with Crippen molar-refractivity contribution in [3.8, 4) is 0 Å². The smallest absolute Gasteiger partial charge is 0.261 e. The number of aromatic nitrogens is 2. The number of hydrogen-bond donors (Lipinski definition) is 1. The van der Waals surface area contributed by atoms with E-state index >= 15 is 0 Å². The lowest BCUT2D eigenvalue weighted by Gasteiger charge is -2.23. The van der Waals surface area contributed by atoms with E-state index in [1.54, 1.807) is 6.92 Å². The highest BCUT2D eigenvalue weighted by atomic mass is 32.2. The van der Waals surface area contributed by atoms with Crippen LogP contribution in [0.2, 0.25) is 0 Å². The number of fused-ring (bicyclic) bond motifs is 1. The summed E-state index contributed by atoms with van der Waals surface area (Å²) in [7, 11) is -3.05. The van der Waals surface area contributed by atoms with Gasteiger partial charge in [-0.1, -0.05) is 13.8 Å². The lowest BCUT2D eigenvalue weighted by atomic mass is 10.0. The van der Waals surface area contributed by atoms with Gasteiger partial charge in [0.2, 0.25) is 0 Å². The van der Waals surface area contributed by atoms with Gasteiger partial charge in [-0.3, -0.25) is 9.48 Å². The number of hydrogen-bond acceptors (Lipinski definition) is 5. The first-order valence-electron chi connectivity index (χ1n) is 8.08. The molecule has 1 aliphatic rings. The van der Waals surface area contributed by atoms with Gasteiger partial charge in [0.05, 0.1) is 27.6 Å². The van der Waals surface area contributed by atoms with E-state index in [0.717, 1.165) is 22.5 Å². The third-order valence-corrected chi connectivity index (χ3v) is 7.34. The summed E-state index contributed by atoms with van der Waals surface area (Å²) in [6.07, 6.45) is 0.464. The van der Waals surface area contributed by atoms with E-state index in [1.165, 1.54) is 11.3 Å². The number of rotatable bonds is 4. The minimum absolute atomic E-state index is 0.0107. The van der Waals surface area contributed by atoms with Crippen LogP contribution in [0.1, 0.15) is 42.6 Å². The average molecular weight is 370 g/mol. The molecule has 2 aromatic rings. The number of thiophene rings is 1. The molecule has 0 saturated carbocycles. The summed E-state index contributed by atoms with van der Waals surface area (Å²) in [6.45, 7) is 8.81. The topological polar surface area (TPSA) is 81.1 Å². The molecule has 8 heteroatoms. The number of sulfone groups is 1. The van der Waals surface area contributed by atoms with E-state index < -0.39 is 15.4 Å². The van der Waals surface area contributed by atoms with Crippen LogP contribution in [0.5, 0.6) is 0 Å². The van der Waals surface area contributed by atoms with Crippen LogP contribution in [0.25, 0.3) is 10.2 Å². The number of carbonyl (C=O) groups excluding carboxylic acids is 1. The number of aryl methyl sites for hydroxylation is 1. The van der Waals surface area contributed by atoms with Crippen molar-refractivity contribution in [2.45, 2.75) is 46.2 Å². The molecule has 1 aliphatic heterocycles. The second-order valence-corrected chi connectivity index (χ2v) is 10.6. The zero-order chi connectivity index (χ0) is 17.7. The van der Waals surface area contributed by atoms with Gasteiger partial charge < -0.3 is 5.32 Å². The van der Waals surface area contributed by atoms with E-state index in [9.17, 15) is 13.2 Å². The number of nitrogens with one attached hydrogen (secondary N) is 1. The Hall–Kier alpha value is -1.41. The van der Waals surface area contributed by atoms with Gasteiger partial charge in [-0.05, 0) is 32.3 Å². The fourth-order valence-electron chi connectivity index (χ4n) is 3.14. The third kappa shape index (κ3) is 3.35. The molecule has 0 radical (unpaired) electrons. The van der Waals surface area contributed by atoms with Gasteiger partial charge in [-0.15, -0.1) is 11.3 Å². The standard InChI is InChI=1S/C16H23N3O3S2/c1-10(2)8-19-15-12(11(3)18-19)7-13(23-15)14(20)17-16(4)5-6-24(21,22)9-16/h7,10H,5-6,8-9H2,1-4H3,(H,17,20). The second-order valence-electron chi connectivity index (χ2n) is 7.35. The minimum Gasteiger partial charge on any atom is -0.345 e. The van der Waals surface area contributed by atoms with Gasteiger partial charge in [-0.25, -0.2) is 8.42 Å². The SMILES string of the molecule is Cc1nn(CC(C)C)c2sc(C(=O)NC3(C)CCS(=O)(=O)C3)cc12. The summed E-state index contributed by atoms with van der Waals surface area (Å²) in [5.41, 5.74) is 0.237. The van der Waals surface area contributed by atoms with Crippen molar-refractivity contribution in [2.75, 3.05) is 11.5 Å². The zero-order valence-electron chi connectivity index (χ0n) is 14.4. The highest BCUT2D eigenvalue weighted by molar-refractivity contribution is 7.91. The summed E-state index contributed by atoms with van der Waals surface area (Å²) in [5.74, 6) is 0.413. The zero-order valence-corrected chi connectivity index (χ0v) is 16.1. The van der Waals surface area contributed by atoms with Crippen LogP contribution in [-0.2, 0) is 16.4 Å². The fourth-order valence-corrected chi connectivity index (χ4v) is 6.30. The molecule has 1 N–H and O–H groups in total. The maximum atomic E-state index is 12.6. The predicted molar refractivity (Wildman–Crippen MR) is 96.3 cm³/mol. The molecular weight excluding hydrogens is 346 g/mol. The second kappa shape index (κ2) is 5.84. The number of carbonyl (C=O) groups is 1. The van der Waals surface area contributed by atoms with Crippen LogP contribution in [0.3, 0.4) is 0 Å². The van der Waals surface area contributed by atoms with Crippen LogP contribution in [-0.4, -0.2) is 41.2 Å². The third-order valence-electron chi connectivity index (χ3n) is 4.29. The van der Waals surface area contributed by atoms with Gasteiger partial charge in [0.15, 0.2) is 9.84 Å². The molecular formula is C16H23N3O3S2. The number of nitrogens with zero attached hydrogens (tertiary/aromatic N) is 2. The molecule has 24 heavy (non-hydrogen) atoms. The molecule has 2 aromatic heterocycles. The van der Waals surface area contributed by atoms with Crippen molar-refractivity contribution < 1.29 is 13.2 Å². The van der Waals surface area contributed by atoms with Gasteiger partial charge in [0, 0.05) is 11.9 Å². The minimum atomic E-state index is -3.05. The maximum Gasteiger partial charge on any atom is 0.261 e. The van der Waals surface area contributed by atoms with E-state index in [-0.39, 0.29) is 17.4 Å². The fraction of sp³-hybridized carbons (Fsp3) is 0.625. The van der Waals surface area contributed by atoms with Crippen LogP contribution in [0, 0.1) is 12.8 Å². The van der Waals surface area contributed by atoms with Crippen molar-refractivity contribution in [1.29, 1.82) is 0 Å². The Bertz CT molecular complexity index is 895. The maximum absolute atomic E-state index is 12.6. The van der Waals surface area contributed by atoms with Gasteiger partial charge in [0.1, 0.15) is 4.83 Å². The van der Waals surface area contributed by atoms with Gasteiger partial charge in [-0.2, -0.15) is 5.10 Å². The molecule has 6 nitrogen and oxygen atoms in total. The Morgan fingerprint density at radius 3 is 2.79 bits per heavy atom. The van der Waals surface area contributed by atoms with Crippen LogP contribution < -0.4 is 5.32 Å². The quantitative estimate of drug-likeness (QED) is 0.897. The van der Waals surface area contributed by atoms with Crippen molar-refractivity contribution in [1.82, 2.24) is 15.1 Å². The number of amides is 1.